The maximum atomic E-state index is 12.9. The number of hydrogen-bond acceptors (Lipinski definition) is 3. The lowest BCUT2D eigenvalue weighted by Gasteiger charge is -2.27. The maximum Gasteiger partial charge on any atom is 0.258 e. The zero-order valence-corrected chi connectivity index (χ0v) is 13.6. The molecule has 1 aliphatic rings. The second-order valence-corrected chi connectivity index (χ2v) is 6.93. The molecule has 0 aliphatic carbocycles. The molecule has 116 valence electrons. The number of benzene rings is 1. The highest BCUT2D eigenvalue weighted by Gasteiger charge is 2.38. The lowest BCUT2D eigenvalue weighted by atomic mass is 9.78. The summed E-state index contributed by atoms with van der Waals surface area (Å²) in [5.41, 5.74) is 3.01. The van der Waals surface area contributed by atoms with Crippen LogP contribution in [0.4, 0.5) is 5.69 Å². The van der Waals surface area contributed by atoms with Gasteiger partial charge in [0.1, 0.15) is 11.8 Å². The maximum absolute atomic E-state index is 12.9. The van der Waals surface area contributed by atoms with Crippen LogP contribution in [0.25, 0.3) is 0 Å². The number of rotatable bonds is 1. The van der Waals surface area contributed by atoms with E-state index in [-0.39, 0.29) is 17.0 Å². The Kier molecular flexibility index (Phi) is 3.65. The van der Waals surface area contributed by atoms with Gasteiger partial charge in [-0.25, -0.2) is 4.98 Å². The molecular weight excluding hydrogens is 286 g/mol. The predicted molar refractivity (Wildman–Crippen MR) is 89.3 cm³/mol. The Bertz CT molecular complexity index is 799. The topological polar surface area (TPSA) is 57.0 Å². The van der Waals surface area contributed by atoms with Crippen molar-refractivity contribution in [1.29, 1.82) is 5.26 Å². The van der Waals surface area contributed by atoms with Crippen LogP contribution < -0.4 is 4.90 Å². The van der Waals surface area contributed by atoms with E-state index >= 15 is 0 Å². The highest BCUT2D eigenvalue weighted by molar-refractivity contribution is 6.07. The number of aromatic nitrogens is 1. The van der Waals surface area contributed by atoms with Gasteiger partial charge in [0.05, 0.1) is 0 Å². The summed E-state index contributed by atoms with van der Waals surface area (Å²) < 4.78 is 0. The van der Waals surface area contributed by atoms with Crippen LogP contribution in [0.15, 0.2) is 42.6 Å². The van der Waals surface area contributed by atoms with E-state index in [2.05, 4.69) is 31.8 Å². The Hall–Kier alpha value is -2.67. The van der Waals surface area contributed by atoms with Crippen LogP contribution in [-0.4, -0.2) is 17.4 Å². The SMILES string of the molecule is CC(C)(C)C1CN(C(=O)c2ccnc(C#N)c2)c2ccccc21. The van der Waals surface area contributed by atoms with Gasteiger partial charge in [0.15, 0.2) is 0 Å². The normalized spacial score (nSPS) is 16.8. The first-order chi connectivity index (χ1) is 10.9. The number of nitriles is 1. The van der Waals surface area contributed by atoms with E-state index in [1.165, 1.54) is 11.8 Å². The molecule has 1 aliphatic heterocycles. The van der Waals surface area contributed by atoms with Gasteiger partial charge in [-0.3, -0.25) is 4.79 Å². The minimum Gasteiger partial charge on any atom is -0.307 e. The van der Waals surface area contributed by atoms with Gasteiger partial charge in [0, 0.05) is 29.9 Å². The molecular formula is C19H19N3O. The molecule has 0 saturated heterocycles. The molecule has 4 nitrogen and oxygen atoms in total. The smallest absolute Gasteiger partial charge is 0.258 e. The van der Waals surface area contributed by atoms with Crippen LogP contribution in [-0.2, 0) is 0 Å². The lowest BCUT2D eigenvalue weighted by molar-refractivity contribution is 0.0985. The summed E-state index contributed by atoms with van der Waals surface area (Å²) in [5.74, 6) is 0.211. The Morgan fingerprint density at radius 1 is 1.30 bits per heavy atom. The lowest BCUT2D eigenvalue weighted by Crippen LogP contribution is -2.32. The van der Waals surface area contributed by atoms with Crippen LogP contribution in [0, 0.1) is 16.7 Å². The van der Waals surface area contributed by atoms with Gasteiger partial charge < -0.3 is 4.90 Å². The van der Waals surface area contributed by atoms with Gasteiger partial charge >= 0.3 is 0 Å². The van der Waals surface area contributed by atoms with Crippen LogP contribution in [0.5, 0.6) is 0 Å². The molecule has 0 N–H and O–H groups in total. The molecule has 0 radical (unpaired) electrons. The minimum atomic E-state index is -0.0805. The third-order valence-corrected chi connectivity index (χ3v) is 4.38. The molecule has 2 aromatic rings. The van der Waals surface area contributed by atoms with Gasteiger partial charge in [0.25, 0.3) is 5.91 Å². The largest absolute Gasteiger partial charge is 0.307 e. The Balaban J connectivity index is 2.01. The van der Waals surface area contributed by atoms with Crippen molar-refractivity contribution in [1.82, 2.24) is 4.98 Å². The van der Waals surface area contributed by atoms with Crippen molar-refractivity contribution >= 4 is 11.6 Å². The van der Waals surface area contributed by atoms with Crippen LogP contribution >= 0.6 is 0 Å². The van der Waals surface area contributed by atoms with Crippen LogP contribution in [0.2, 0.25) is 0 Å². The van der Waals surface area contributed by atoms with E-state index in [4.69, 9.17) is 5.26 Å². The Morgan fingerprint density at radius 2 is 2.04 bits per heavy atom. The first-order valence-corrected chi connectivity index (χ1v) is 7.69. The number of hydrogen-bond donors (Lipinski definition) is 0. The summed E-state index contributed by atoms with van der Waals surface area (Å²) in [6.45, 7) is 7.25. The summed E-state index contributed by atoms with van der Waals surface area (Å²) >= 11 is 0. The molecule has 1 amide bonds. The average molecular weight is 305 g/mol. The number of anilines is 1. The summed E-state index contributed by atoms with van der Waals surface area (Å²) in [5, 5.41) is 8.98. The van der Waals surface area contributed by atoms with E-state index in [9.17, 15) is 4.79 Å². The number of fused-ring (bicyclic) bond motifs is 1. The third-order valence-electron chi connectivity index (χ3n) is 4.38. The van der Waals surface area contributed by atoms with Crippen molar-refractivity contribution in [2.75, 3.05) is 11.4 Å². The minimum absolute atomic E-state index is 0.0706. The van der Waals surface area contributed by atoms with Crippen LogP contribution in [0.1, 0.15) is 48.3 Å². The number of amides is 1. The van der Waals surface area contributed by atoms with E-state index in [0.717, 1.165) is 5.69 Å². The Labute approximate surface area is 136 Å². The van der Waals surface area contributed by atoms with Crippen molar-refractivity contribution in [3.63, 3.8) is 0 Å². The van der Waals surface area contributed by atoms with Gasteiger partial charge in [-0.05, 0) is 29.2 Å². The molecule has 1 unspecified atom stereocenters. The predicted octanol–water partition coefficient (Wildman–Crippen LogP) is 3.74. The van der Waals surface area contributed by atoms with Crippen molar-refractivity contribution in [3.05, 3.63) is 59.4 Å². The number of carbonyl (C=O) groups excluding carboxylic acids is 1. The van der Waals surface area contributed by atoms with Crippen molar-refractivity contribution in [2.45, 2.75) is 26.7 Å². The third kappa shape index (κ3) is 2.70. The molecule has 3 rings (SSSR count). The zero-order valence-electron chi connectivity index (χ0n) is 13.6. The van der Waals surface area contributed by atoms with E-state index in [1.54, 1.807) is 12.1 Å². The second kappa shape index (κ2) is 5.51. The molecule has 4 heteroatoms. The molecule has 1 aromatic carbocycles. The monoisotopic (exact) mass is 305 g/mol. The van der Waals surface area contributed by atoms with Crippen molar-refractivity contribution in [3.8, 4) is 6.07 Å². The molecule has 1 aromatic heterocycles. The standard InChI is InChI=1S/C19H19N3O/c1-19(2,3)16-12-22(17-7-5-4-6-15(16)17)18(23)13-8-9-21-14(10-13)11-20/h4-10,16H,12H2,1-3H3. The summed E-state index contributed by atoms with van der Waals surface area (Å²) in [4.78, 5) is 18.7. The number of carbonyl (C=O) groups is 1. The average Bonchev–Trinajstić information content (AvgIpc) is 2.94. The first-order valence-electron chi connectivity index (χ1n) is 7.69. The van der Waals surface area contributed by atoms with E-state index in [0.29, 0.717) is 18.0 Å². The summed E-state index contributed by atoms with van der Waals surface area (Å²) in [6, 6.07) is 13.3. The molecule has 0 saturated carbocycles. The first kappa shape index (κ1) is 15.2. The van der Waals surface area contributed by atoms with Crippen molar-refractivity contribution in [2.24, 2.45) is 5.41 Å². The summed E-state index contributed by atoms with van der Waals surface area (Å²) in [6.07, 6.45) is 1.51. The highest BCUT2D eigenvalue weighted by Crippen LogP contribution is 2.45. The molecule has 0 bridgehead atoms. The zero-order chi connectivity index (χ0) is 16.6. The van der Waals surface area contributed by atoms with Gasteiger partial charge in [-0.15, -0.1) is 0 Å². The van der Waals surface area contributed by atoms with Gasteiger partial charge in [-0.2, -0.15) is 5.26 Å². The quantitative estimate of drug-likeness (QED) is 0.806. The second-order valence-electron chi connectivity index (χ2n) is 6.93. The van der Waals surface area contributed by atoms with Gasteiger partial charge in [0.2, 0.25) is 0 Å². The molecule has 1 atom stereocenters. The molecule has 2 heterocycles. The van der Waals surface area contributed by atoms with Gasteiger partial charge in [-0.1, -0.05) is 39.0 Å². The summed E-state index contributed by atoms with van der Waals surface area (Å²) in [7, 11) is 0. The fourth-order valence-electron chi connectivity index (χ4n) is 3.12. The number of nitrogens with zero attached hydrogens (tertiary/aromatic N) is 3. The molecule has 0 fully saturated rings. The van der Waals surface area contributed by atoms with E-state index < -0.39 is 0 Å². The van der Waals surface area contributed by atoms with E-state index in [1.807, 2.05) is 29.2 Å². The fourth-order valence-corrected chi connectivity index (χ4v) is 3.12. The van der Waals surface area contributed by atoms with Crippen LogP contribution in [0.3, 0.4) is 0 Å². The number of pyridine rings is 1. The highest BCUT2D eigenvalue weighted by atomic mass is 16.2. The Morgan fingerprint density at radius 3 is 2.74 bits per heavy atom. The molecule has 0 spiro atoms. The number of para-hydroxylation sites is 1. The molecule has 23 heavy (non-hydrogen) atoms. The fraction of sp³-hybridized carbons (Fsp3) is 0.316. The van der Waals surface area contributed by atoms with Crippen molar-refractivity contribution < 1.29 is 4.79 Å².